The second kappa shape index (κ2) is 4.17. The van der Waals surface area contributed by atoms with E-state index in [0.29, 0.717) is 6.54 Å². The van der Waals surface area contributed by atoms with Crippen LogP contribution >= 0.6 is 0 Å². The van der Waals surface area contributed by atoms with Crippen LogP contribution in [0.1, 0.15) is 23.3 Å². The summed E-state index contributed by atoms with van der Waals surface area (Å²) in [4.78, 5) is 15.0. The van der Waals surface area contributed by atoms with Crippen molar-refractivity contribution in [2.24, 2.45) is 5.41 Å². The lowest BCUT2D eigenvalue weighted by molar-refractivity contribution is 0.0929. The molecule has 0 radical (unpaired) electrons. The Morgan fingerprint density at radius 3 is 2.88 bits per heavy atom. The Kier molecular flexibility index (Phi) is 2.87. The number of nitrogens with zero attached hydrogens (tertiary/aromatic N) is 1. The maximum Gasteiger partial charge on any atom is 0.270 e. The van der Waals surface area contributed by atoms with Gasteiger partial charge in [-0.05, 0) is 25.0 Å². The molecule has 0 atom stereocenters. The first-order valence-corrected chi connectivity index (χ1v) is 5.17. The van der Waals surface area contributed by atoms with Crippen molar-refractivity contribution in [2.75, 3.05) is 13.2 Å². The Morgan fingerprint density at radius 1 is 1.56 bits per heavy atom. The van der Waals surface area contributed by atoms with Gasteiger partial charge in [-0.15, -0.1) is 0 Å². The van der Waals surface area contributed by atoms with Gasteiger partial charge in [-0.1, -0.05) is 6.07 Å². The molecular weight excluding hydrogens is 211 g/mol. The second-order valence-electron chi connectivity index (χ2n) is 4.19. The largest absolute Gasteiger partial charge is 0.396 e. The van der Waals surface area contributed by atoms with Crippen molar-refractivity contribution in [1.82, 2.24) is 10.3 Å². The summed E-state index contributed by atoms with van der Waals surface area (Å²) in [6, 6.07) is 4.08. The highest BCUT2D eigenvalue weighted by atomic mass is 19.1. The highest BCUT2D eigenvalue weighted by molar-refractivity contribution is 5.92. The molecule has 1 aromatic heterocycles. The Balaban J connectivity index is 1.93. The minimum Gasteiger partial charge on any atom is -0.396 e. The summed E-state index contributed by atoms with van der Waals surface area (Å²) in [7, 11) is 0. The van der Waals surface area contributed by atoms with E-state index in [1.165, 1.54) is 18.2 Å². The number of aliphatic hydroxyl groups excluding tert-OH is 1. The van der Waals surface area contributed by atoms with Crippen LogP contribution in [0.3, 0.4) is 0 Å². The van der Waals surface area contributed by atoms with Crippen LogP contribution in [-0.2, 0) is 0 Å². The lowest BCUT2D eigenvalue weighted by Gasteiger charge is -2.12. The monoisotopic (exact) mass is 224 g/mol. The molecule has 0 aliphatic heterocycles. The van der Waals surface area contributed by atoms with Crippen LogP contribution in [0.4, 0.5) is 4.39 Å². The third-order valence-electron chi connectivity index (χ3n) is 2.86. The summed E-state index contributed by atoms with van der Waals surface area (Å²) in [5, 5.41) is 11.7. The van der Waals surface area contributed by atoms with Gasteiger partial charge in [-0.2, -0.15) is 4.39 Å². The second-order valence-corrected chi connectivity index (χ2v) is 4.19. The summed E-state index contributed by atoms with van der Waals surface area (Å²) in [6.07, 6.45) is 1.83. The van der Waals surface area contributed by atoms with Crippen molar-refractivity contribution < 1.29 is 14.3 Å². The molecule has 1 fully saturated rings. The fraction of sp³-hybridized carbons (Fsp3) is 0.455. The number of aliphatic hydroxyl groups is 1. The van der Waals surface area contributed by atoms with Crippen LogP contribution in [0, 0.1) is 11.4 Å². The standard InChI is InChI=1S/C11H13FN2O2/c12-9-3-1-2-8(14-9)10(16)13-6-11(7-15)4-5-11/h1-3,15H,4-7H2,(H,13,16). The Bertz CT molecular complexity index is 405. The third kappa shape index (κ3) is 2.36. The molecule has 0 saturated heterocycles. The van der Waals surface area contributed by atoms with Crippen molar-refractivity contribution in [2.45, 2.75) is 12.8 Å². The fourth-order valence-corrected chi connectivity index (χ4v) is 1.46. The van der Waals surface area contributed by atoms with E-state index >= 15 is 0 Å². The topological polar surface area (TPSA) is 62.2 Å². The molecule has 1 heterocycles. The summed E-state index contributed by atoms with van der Waals surface area (Å²) in [6.45, 7) is 0.490. The minimum absolute atomic E-state index is 0.0636. The van der Waals surface area contributed by atoms with Gasteiger partial charge < -0.3 is 10.4 Å². The van der Waals surface area contributed by atoms with Gasteiger partial charge in [0, 0.05) is 12.0 Å². The molecule has 1 aliphatic carbocycles. The van der Waals surface area contributed by atoms with E-state index in [-0.39, 0.29) is 17.7 Å². The number of aromatic nitrogens is 1. The van der Waals surface area contributed by atoms with Crippen LogP contribution in [0.5, 0.6) is 0 Å². The van der Waals surface area contributed by atoms with E-state index in [2.05, 4.69) is 10.3 Å². The first-order valence-electron chi connectivity index (χ1n) is 5.17. The maximum atomic E-state index is 12.7. The smallest absolute Gasteiger partial charge is 0.270 e. The Morgan fingerprint density at radius 2 is 2.31 bits per heavy atom. The molecule has 86 valence electrons. The van der Waals surface area contributed by atoms with E-state index < -0.39 is 11.9 Å². The van der Waals surface area contributed by atoms with Crippen molar-refractivity contribution in [3.05, 3.63) is 29.8 Å². The molecule has 2 N–H and O–H groups in total. The first-order chi connectivity index (χ1) is 7.65. The van der Waals surface area contributed by atoms with Crippen molar-refractivity contribution in [3.63, 3.8) is 0 Å². The van der Waals surface area contributed by atoms with Crippen LogP contribution in [-0.4, -0.2) is 29.1 Å². The number of amides is 1. The van der Waals surface area contributed by atoms with E-state index in [4.69, 9.17) is 5.11 Å². The SMILES string of the molecule is O=C(NCC1(CO)CC1)c1cccc(F)n1. The molecule has 0 aromatic carbocycles. The molecule has 2 rings (SSSR count). The lowest BCUT2D eigenvalue weighted by Crippen LogP contribution is -2.32. The molecule has 1 saturated carbocycles. The Hall–Kier alpha value is -1.49. The minimum atomic E-state index is -0.670. The zero-order valence-electron chi connectivity index (χ0n) is 8.74. The van der Waals surface area contributed by atoms with Gasteiger partial charge in [0.25, 0.3) is 5.91 Å². The summed E-state index contributed by atoms with van der Waals surface area (Å²) in [5.74, 6) is -1.07. The fourth-order valence-electron chi connectivity index (χ4n) is 1.46. The molecule has 0 unspecified atom stereocenters. The van der Waals surface area contributed by atoms with Gasteiger partial charge in [0.1, 0.15) is 5.69 Å². The number of hydrogen-bond acceptors (Lipinski definition) is 3. The van der Waals surface area contributed by atoms with Crippen LogP contribution in [0.15, 0.2) is 18.2 Å². The number of carbonyl (C=O) groups excluding carboxylic acids is 1. The van der Waals surface area contributed by atoms with Crippen molar-refractivity contribution in [3.8, 4) is 0 Å². The van der Waals surface area contributed by atoms with Gasteiger partial charge >= 0.3 is 0 Å². The van der Waals surface area contributed by atoms with Gasteiger partial charge in [0.2, 0.25) is 5.95 Å². The van der Waals surface area contributed by atoms with Gasteiger partial charge in [-0.3, -0.25) is 4.79 Å². The average Bonchev–Trinajstić information content (AvgIpc) is 3.07. The van der Waals surface area contributed by atoms with Gasteiger partial charge in [0.05, 0.1) is 6.61 Å². The summed E-state index contributed by atoms with van der Waals surface area (Å²) < 4.78 is 12.7. The molecule has 1 aliphatic rings. The zero-order valence-corrected chi connectivity index (χ0v) is 8.74. The number of rotatable bonds is 4. The van der Waals surface area contributed by atoms with E-state index in [9.17, 15) is 9.18 Å². The number of nitrogens with one attached hydrogen (secondary N) is 1. The number of hydrogen-bond donors (Lipinski definition) is 2. The van der Waals surface area contributed by atoms with E-state index in [1.807, 2.05) is 0 Å². The molecule has 16 heavy (non-hydrogen) atoms. The quantitative estimate of drug-likeness (QED) is 0.741. The van der Waals surface area contributed by atoms with Gasteiger partial charge in [-0.25, -0.2) is 4.98 Å². The first kappa shape index (κ1) is 11.0. The van der Waals surface area contributed by atoms with E-state index in [0.717, 1.165) is 12.8 Å². The molecule has 0 bridgehead atoms. The average molecular weight is 224 g/mol. The Labute approximate surface area is 92.5 Å². The predicted octanol–water partition coefficient (Wildman–Crippen LogP) is 0.723. The van der Waals surface area contributed by atoms with Crippen LogP contribution in [0.2, 0.25) is 0 Å². The number of pyridine rings is 1. The molecule has 5 heteroatoms. The maximum absolute atomic E-state index is 12.7. The third-order valence-corrected chi connectivity index (χ3v) is 2.86. The normalized spacial score (nSPS) is 16.9. The summed E-state index contributed by atoms with van der Waals surface area (Å²) in [5.41, 5.74) is -0.0862. The lowest BCUT2D eigenvalue weighted by atomic mass is 10.1. The van der Waals surface area contributed by atoms with E-state index in [1.54, 1.807) is 0 Å². The molecule has 4 nitrogen and oxygen atoms in total. The van der Waals surface area contributed by atoms with Crippen LogP contribution < -0.4 is 5.32 Å². The summed E-state index contributed by atoms with van der Waals surface area (Å²) >= 11 is 0. The van der Waals surface area contributed by atoms with Crippen LogP contribution in [0.25, 0.3) is 0 Å². The highest BCUT2D eigenvalue weighted by Gasteiger charge is 2.42. The molecule has 0 spiro atoms. The number of halogens is 1. The number of carbonyl (C=O) groups is 1. The van der Waals surface area contributed by atoms with Crippen molar-refractivity contribution in [1.29, 1.82) is 0 Å². The van der Waals surface area contributed by atoms with Crippen molar-refractivity contribution >= 4 is 5.91 Å². The highest BCUT2D eigenvalue weighted by Crippen LogP contribution is 2.44. The molecule has 1 amide bonds. The molecular formula is C11H13FN2O2. The van der Waals surface area contributed by atoms with Gasteiger partial charge in [0.15, 0.2) is 0 Å². The zero-order chi connectivity index (χ0) is 11.6. The molecule has 1 aromatic rings. The predicted molar refractivity (Wildman–Crippen MR) is 55.3 cm³/mol.